The number of amides is 1. The van der Waals surface area contributed by atoms with E-state index in [2.05, 4.69) is 10.3 Å². The SMILES string of the molecule is COCCn1c(C(=O)NCc2ccc(Cl)cc2)nc2ccccc2c1=O. The Kier molecular flexibility index (Phi) is 5.65. The predicted octanol–water partition coefficient (Wildman–Crippen LogP) is 2.63. The van der Waals surface area contributed by atoms with Gasteiger partial charge in [-0.15, -0.1) is 0 Å². The molecule has 7 heteroatoms. The van der Waals surface area contributed by atoms with E-state index in [4.69, 9.17) is 16.3 Å². The second-order valence-corrected chi connectivity index (χ2v) is 6.15. The number of ether oxygens (including phenoxy) is 1. The Morgan fingerprint density at radius 3 is 2.65 bits per heavy atom. The van der Waals surface area contributed by atoms with Gasteiger partial charge in [-0.1, -0.05) is 35.9 Å². The highest BCUT2D eigenvalue weighted by molar-refractivity contribution is 6.30. The minimum Gasteiger partial charge on any atom is -0.383 e. The van der Waals surface area contributed by atoms with Crippen molar-refractivity contribution < 1.29 is 9.53 Å². The second kappa shape index (κ2) is 8.12. The third-order valence-corrected chi connectivity index (χ3v) is 4.20. The highest BCUT2D eigenvalue weighted by atomic mass is 35.5. The number of carbonyl (C=O) groups is 1. The fourth-order valence-corrected chi connectivity index (χ4v) is 2.72. The lowest BCUT2D eigenvalue weighted by molar-refractivity contribution is 0.0931. The van der Waals surface area contributed by atoms with Crippen LogP contribution in [0.4, 0.5) is 0 Å². The van der Waals surface area contributed by atoms with E-state index in [1.807, 2.05) is 12.1 Å². The van der Waals surface area contributed by atoms with Crippen molar-refractivity contribution >= 4 is 28.4 Å². The maximum Gasteiger partial charge on any atom is 0.287 e. The number of halogens is 1. The summed E-state index contributed by atoms with van der Waals surface area (Å²) in [6, 6.07) is 14.1. The number of fused-ring (bicyclic) bond motifs is 1. The molecule has 134 valence electrons. The number of aromatic nitrogens is 2. The van der Waals surface area contributed by atoms with Gasteiger partial charge in [-0.2, -0.15) is 0 Å². The molecular weight excluding hydrogens is 354 g/mol. The van der Waals surface area contributed by atoms with Crippen molar-refractivity contribution in [1.29, 1.82) is 0 Å². The van der Waals surface area contributed by atoms with Crippen LogP contribution in [-0.4, -0.2) is 29.2 Å². The van der Waals surface area contributed by atoms with E-state index in [1.54, 1.807) is 43.5 Å². The van der Waals surface area contributed by atoms with Crippen LogP contribution >= 0.6 is 11.6 Å². The van der Waals surface area contributed by atoms with Gasteiger partial charge in [0.05, 0.1) is 24.1 Å². The first-order valence-corrected chi connectivity index (χ1v) is 8.49. The number of methoxy groups -OCH3 is 1. The third-order valence-electron chi connectivity index (χ3n) is 3.95. The molecule has 0 aliphatic carbocycles. The summed E-state index contributed by atoms with van der Waals surface area (Å²) < 4.78 is 6.41. The number of carbonyl (C=O) groups excluding carboxylic acids is 1. The van der Waals surface area contributed by atoms with Gasteiger partial charge in [-0.05, 0) is 29.8 Å². The summed E-state index contributed by atoms with van der Waals surface area (Å²) in [5.41, 5.74) is 1.13. The summed E-state index contributed by atoms with van der Waals surface area (Å²) in [6.07, 6.45) is 0. The summed E-state index contributed by atoms with van der Waals surface area (Å²) in [6.45, 7) is 0.858. The number of hydrogen-bond acceptors (Lipinski definition) is 4. The molecule has 1 aromatic heterocycles. The first-order chi connectivity index (χ1) is 12.6. The van der Waals surface area contributed by atoms with Crippen LogP contribution in [0.5, 0.6) is 0 Å². The molecule has 0 aliphatic rings. The average molecular weight is 372 g/mol. The van der Waals surface area contributed by atoms with Crippen LogP contribution in [-0.2, 0) is 17.8 Å². The fourth-order valence-electron chi connectivity index (χ4n) is 2.60. The summed E-state index contributed by atoms with van der Waals surface area (Å²) >= 11 is 5.87. The summed E-state index contributed by atoms with van der Waals surface area (Å²) in [4.78, 5) is 29.8. The highest BCUT2D eigenvalue weighted by Crippen LogP contribution is 2.10. The topological polar surface area (TPSA) is 73.2 Å². The Bertz CT molecular complexity index is 983. The molecule has 1 N–H and O–H groups in total. The number of para-hydroxylation sites is 1. The van der Waals surface area contributed by atoms with Crippen molar-refractivity contribution in [3.63, 3.8) is 0 Å². The van der Waals surface area contributed by atoms with E-state index in [0.717, 1.165) is 5.56 Å². The molecule has 0 radical (unpaired) electrons. The van der Waals surface area contributed by atoms with Gasteiger partial charge in [0.1, 0.15) is 0 Å². The molecule has 1 heterocycles. The van der Waals surface area contributed by atoms with E-state index < -0.39 is 5.91 Å². The number of hydrogen-bond donors (Lipinski definition) is 1. The van der Waals surface area contributed by atoms with Crippen LogP contribution in [0.3, 0.4) is 0 Å². The van der Waals surface area contributed by atoms with Crippen molar-refractivity contribution in [1.82, 2.24) is 14.9 Å². The van der Waals surface area contributed by atoms with Gasteiger partial charge in [-0.25, -0.2) is 4.98 Å². The molecular formula is C19H18ClN3O3. The first-order valence-electron chi connectivity index (χ1n) is 8.11. The molecule has 2 aromatic carbocycles. The van der Waals surface area contributed by atoms with Crippen LogP contribution in [0.25, 0.3) is 10.9 Å². The van der Waals surface area contributed by atoms with Crippen molar-refractivity contribution in [2.24, 2.45) is 0 Å². The van der Waals surface area contributed by atoms with Gasteiger partial charge in [-0.3, -0.25) is 14.2 Å². The van der Waals surface area contributed by atoms with Gasteiger partial charge in [0, 0.05) is 18.7 Å². The minimum atomic E-state index is -0.418. The molecule has 0 unspecified atom stereocenters. The molecule has 3 rings (SSSR count). The molecule has 6 nitrogen and oxygen atoms in total. The Hall–Kier alpha value is -2.70. The lowest BCUT2D eigenvalue weighted by Gasteiger charge is -2.13. The Labute approximate surface area is 155 Å². The van der Waals surface area contributed by atoms with Crippen LogP contribution in [0.1, 0.15) is 16.2 Å². The minimum absolute atomic E-state index is 0.0692. The summed E-state index contributed by atoms with van der Waals surface area (Å²) in [7, 11) is 1.54. The Balaban J connectivity index is 1.92. The van der Waals surface area contributed by atoms with Crippen molar-refractivity contribution in [3.8, 4) is 0 Å². The van der Waals surface area contributed by atoms with E-state index in [0.29, 0.717) is 29.1 Å². The molecule has 0 fully saturated rings. The van der Waals surface area contributed by atoms with Crippen molar-refractivity contribution in [3.05, 3.63) is 75.3 Å². The number of nitrogens with one attached hydrogen (secondary N) is 1. The number of benzene rings is 2. The normalized spacial score (nSPS) is 10.8. The molecule has 0 atom stereocenters. The quantitative estimate of drug-likeness (QED) is 0.723. The standard InChI is InChI=1S/C19H18ClN3O3/c1-26-11-10-23-17(22-16-5-3-2-4-15(16)19(23)25)18(24)21-12-13-6-8-14(20)9-7-13/h2-9H,10-12H2,1H3,(H,21,24). The summed E-state index contributed by atoms with van der Waals surface area (Å²) in [5, 5.41) is 3.90. The summed E-state index contributed by atoms with van der Waals surface area (Å²) in [5.74, 6) is -0.349. The second-order valence-electron chi connectivity index (χ2n) is 5.71. The van der Waals surface area contributed by atoms with Crippen molar-refractivity contribution in [2.75, 3.05) is 13.7 Å². The molecule has 1 amide bonds. The first kappa shape index (κ1) is 18.1. The molecule has 0 bridgehead atoms. The average Bonchev–Trinajstić information content (AvgIpc) is 2.66. The zero-order chi connectivity index (χ0) is 18.5. The fraction of sp³-hybridized carbons (Fsp3) is 0.211. The van der Waals surface area contributed by atoms with E-state index in [9.17, 15) is 9.59 Å². The third kappa shape index (κ3) is 3.92. The zero-order valence-electron chi connectivity index (χ0n) is 14.2. The molecule has 0 spiro atoms. The number of nitrogens with zero attached hydrogens (tertiary/aromatic N) is 2. The van der Waals surface area contributed by atoms with Crippen LogP contribution < -0.4 is 10.9 Å². The van der Waals surface area contributed by atoms with Crippen LogP contribution in [0.15, 0.2) is 53.3 Å². The van der Waals surface area contributed by atoms with E-state index in [-0.39, 0.29) is 17.9 Å². The maximum atomic E-state index is 12.7. The molecule has 26 heavy (non-hydrogen) atoms. The lowest BCUT2D eigenvalue weighted by atomic mass is 10.2. The molecule has 3 aromatic rings. The van der Waals surface area contributed by atoms with Crippen LogP contribution in [0.2, 0.25) is 5.02 Å². The number of rotatable bonds is 6. The predicted molar refractivity (Wildman–Crippen MR) is 101 cm³/mol. The van der Waals surface area contributed by atoms with Gasteiger partial charge < -0.3 is 10.1 Å². The molecule has 0 aliphatic heterocycles. The maximum absolute atomic E-state index is 12.7. The van der Waals surface area contributed by atoms with Crippen molar-refractivity contribution in [2.45, 2.75) is 13.1 Å². The van der Waals surface area contributed by atoms with Gasteiger partial charge in [0.15, 0.2) is 0 Å². The Morgan fingerprint density at radius 1 is 1.19 bits per heavy atom. The van der Waals surface area contributed by atoms with Gasteiger partial charge in [0.25, 0.3) is 11.5 Å². The van der Waals surface area contributed by atoms with E-state index in [1.165, 1.54) is 4.57 Å². The van der Waals surface area contributed by atoms with E-state index >= 15 is 0 Å². The van der Waals surface area contributed by atoms with Gasteiger partial charge in [0.2, 0.25) is 5.82 Å². The Morgan fingerprint density at radius 2 is 1.92 bits per heavy atom. The largest absolute Gasteiger partial charge is 0.383 e. The van der Waals surface area contributed by atoms with Gasteiger partial charge >= 0.3 is 0 Å². The highest BCUT2D eigenvalue weighted by Gasteiger charge is 2.17. The zero-order valence-corrected chi connectivity index (χ0v) is 15.0. The lowest BCUT2D eigenvalue weighted by Crippen LogP contribution is -2.34. The molecule has 0 saturated carbocycles. The smallest absolute Gasteiger partial charge is 0.287 e. The van der Waals surface area contributed by atoms with Crippen LogP contribution in [0, 0.1) is 0 Å². The molecule has 0 saturated heterocycles. The monoisotopic (exact) mass is 371 g/mol.